The third-order valence-corrected chi connectivity index (χ3v) is 5.06. The molecule has 1 aromatic carbocycles. The highest BCUT2D eigenvalue weighted by Gasteiger charge is 2.32. The van der Waals surface area contributed by atoms with Crippen molar-refractivity contribution < 1.29 is 0 Å². The van der Waals surface area contributed by atoms with Crippen LogP contribution < -0.4 is 5.32 Å². The van der Waals surface area contributed by atoms with Crippen molar-refractivity contribution in [2.24, 2.45) is 0 Å². The average Bonchev–Trinajstić information content (AvgIpc) is 2.60. The second-order valence-electron chi connectivity index (χ2n) is 6.34. The van der Waals surface area contributed by atoms with Gasteiger partial charge in [0.2, 0.25) is 5.28 Å². The summed E-state index contributed by atoms with van der Waals surface area (Å²) < 4.78 is 0. The van der Waals surface area contributed by atoms with Gasteiger partial charge in [0.1, 0.15) is 5.82 Å². The average molecular weight is 329 g/mol. The first-order valence-corrected chi connectivity index (χ1v) is 8.77. The number of anilines is 1. The maximum Gasteiger partial charge on any atom is 0.224 e. The van der Waals surface area contributed by atoms with Crippen molar-refractivity contribution in [2.75, 3.05) is 18.4 Å². The van der Waals surface area contributed by atoms with Gasteiger partial charge in [-0.2, -0.15) is 0 Å². The van der Waals surface area contributed by atoms with E-state index in [-0.39, 0.29) is 0 Å². The van der Waals surface area contributed by atoms with E-state index in [1.165, 1.54) is 36.9 Å². The first kappa shape index (κ1) is 14.9. The fourth-order valence-electron chi connectivity index (χ4n) is 3.75. The lowest BCUT2D eigenvalue weighted by Crippen LogP contribution is -2.39. The van der Waals surface area contributed by atoms with Crippen molar-refractivity contribution in [1.82, 2.24) is 14.9 Å². The quantitative estimate of drug-likeness (QED) is 0.869. The first-order chi connectivity index (χ1) is 11.3. The number of benzene rings is 1. The minimum atomic E-state index is 0.353. The molecule has 0 spiro atoms. The summed E-state index contributed by atoms with van der Waals surface area (Å²) in [6, 6.07) is 10.8. The monoisotopic (exact) mass is 328 g/mol. The fraction of sp³-hybridized carbons (Fsp3) is 0.444. The predicted octanol–water partition coefficient (Wildman–Crippen LogP) is 3.83. The summed E-state index contributed by atoms with van der Waals surface area (Å²) in [6.45, 7) is 3.04. The predicted molar refractivity (Wildman–Crippen MR) is 92.7 cm³/mol. The van der Waals surface area contributed by atoms with E-state index < -0.39 is 0 Å². The van der Waals surface area contributed by atoms with Gasteiger partial charge in [-0.3, -0.25) is 4.90 Å². The normalized spacial score (nSPS) is 20.7. The van der Waals surface area contributed by atoms with Gasteiger partial charge >= 0.3 is 0 Å². The topological polar surface area (TPSA) is 41.1 Å². The summed E-state index contributed by atoms with van der Waals surface area (Å²) in [5.74, 6) is 0.911. The van der Waals surface area contributed by atoms with E-state index in [1.807, 2.05) is 6.07 Å². The van der Waals surface area contributed by atoms with Crippen LogP contribution in [0.4, 0.5) is 5.82 Å². The van der Waals surface area contributed by atoms with E-state index in [9.17, 15) is 0 Å². The molecular formula is C18H21ClN4. The Labute approximate surface area is 141 Å². The van der Waals surface area contributed by atoms with Crippen LogP contribution in [0.15, 0.2) is 30.3 Å². The van der Waals surface area contributed by atoms with Crippen molar-refractivity contribution in [2.45, 2.75) is 38.3 Å². The molecule has 3 heterocycles. The van der Waals surface area contributed by atoms with Crippen molar-refractivity contribution in [3.05, 3.63) is 52.4 Å². The van der Waals surface area contributed by atoms with Crippen molar-refractivity contribution >= 4 is 17.4 Å². The van der Waals surface area contributed by atoms with E-state index in [1.54, 1.807) is 0 Å². The zero-order valence-electron chi connectivity index (χ0n) is 13.1. The lowest BCUT2D eigenvalue weighted by Gasteiger charge is -2.40. The molecule has 120 valence electrons. The summed E-state index contributed by atoms with van der Waals surface area (Å²) in [7, 11) is 0. The van der Waals surface area contributed by atoms with Crippen LogP contribution in [-0.2, 0) is 13.0 Å². The molecule has 0 aliphatic carbocycles. The second-order valence-corrected chi connectivity index (χ2v) is 6.68. The molecule has 4 rings (SSSR count). The number of rotatable bonds is 3. The molecule has 1 N–H and O–H groups in total. The number of piperidine rings is 1. The molecule has 0 radical (unpaired) electrons. The zero-order chi connectivity index (χ0) is 15.6. The SMILES string of the molecule is Clc1nc(NCc2ccccc2)c2c(n1)C1CCCCN1CC2. The standard InChI is InChI=1S/C18H21ClN4/c19-18-21-16-14(9-11-23-10-5-4-8-15(16)23)17(22-18)20-12-13-6-2-1-3-7-13/h1-3,6-7,15H,4-5,8-12H2,(H,20,21,22). The lowest BCUT2D eigenvalue weighted by atomic mass is 9.91. The number of nitrogens with zero attached hydrogens (tertiary/aromatic N) is 3. The molecule has 0 saturated carbocycles. The third-order valence-electron chi connectivity index (χ3n) is 4.89. The molecule has 1 saturated heterocycles. The minimum absolute atomic E-state index is 0.353. The van der Waals surface area contributed by atoms with Crippen LogP contribution in [0.1, 0.15) is 42.1 Å². The van der Waals surface area contributed by atoms with E-state index in [0.717, 1.165) is 31.0 Å². The van der Waals surface area contributed by atoms with Gasteiger partial charge in [0.15, 0.2) is 0 Å². The number of aromatic nitrogens is 2. The smallest absolute Gasteiger partial charge is 0.224 e. The molecule has 4 nitrogen and oxygen atoms in total. The molecular weight excluding hydrogens is 308 g/mol. The van der Waals surface area contributed by atoms with Gasteiger partial charge in [0.05, 0.1) is 11.7 Å². The molecule has 5 heteroatoms. The maximum atomic E-state index is 6.21. The minimum Gasteiger partial charge on any atom is -0.366 e. The van der Waals surface area contributed by atoms with Crippen LogP contribution in [0.5, 0.6) is 0 Å². The highest BCUT2D eigenvalue weighted by molar-refractivity contribution is 6.28. The van der Waals surface area contributed by atoms with Crippen LogP contribution in [-0.4, -0.2) is 28.0 Å². The fourth-order valence-corrected chi connectivity index (χ4v) is 3.92. The highest BCUT2D eigenvalue weighted by atomic mass is 35.5. The van der Waals surface area contributed by atoms with Crippen molar-refractivity contribution in [3.8, 4) is 0 Å². The Hall–Kier alpha value is -1.65. The van der Waals surface area contributed by atoms with Gasteiger partial charge < -0.3 is 5.32 Å². The van der Waals surface area contributed by atoms with Crippen LogP contribution in [0.2, 0.25) is 5.28 Å². The third kappa shape index (κ3) is 3.06. The molecule has 0 bridgehead atoms. The molecule has 1 aromatic heterocycles. The summed E-state index contributed by atoms with van der Waals surface area (Å²) in [6.07, 6.45) is 4.75. The van der Waals surface area contributed by atoms with Crippen LogP contribution in [0.25, 0.3) is 0 Å². The molecule has 1 atom stereocenters. The Morgan fingerprint density at radius 1 is 1.13 bits per heavy atom. The molecule has 2 aliphatic rings. The highest BCUT2D eigenvalue weighted by Crippen LogP contribution is 2.38. The lowest BCUT2D eigenvalue weighted by molar-refractivity contribution is 0.135. The Kier molecular flexibility index (Phi) is 4.19. The van der Waals surface area contributed by atoms with E-state index >= 15 is 0 Å². The second kappa shape index (κ2) is 6.46. The summed E-state index contributed by atoms with van der Waals surface area (Å²) in [5, 5.41) is 3.82. The number of hydrogen-bond acceptors (Lipinski definition) is 4. The van der Waals surface area contributed by atoms with Crippen LogP contribution in [0, 0.1) is 0 Å². The Morgan fingerprint density at radius 3 is 2.87 bits per heavy atom. The van der Waals surface area contributed by atoms with Crippen LogP contribution >= 0.6 is 11.6 Å². The van der Waals surface area contributed by atoms with E-state index in [0.29, 0.717) is 11.3 Å². The van der Waals surface area contributed by atoms with Gasteiger partial charge in [-0.1, -0.05) is 36.8 Å². The van der Waals surface area contributed by atoms with Gasteiger partial charge in [0, 0.05) is 18.7 Å². The maximum absolute atomic E-state index is 6.21. The number of halogens is 1. The van der Waals surface area contributed by atoms with Crippen molar-refractivity contribution in [1.29, 1.82) is 0 Å². The van der Waals surface area contributed by atoms with E-state index in [4.69, 9.17) is 11.6 Å². The Morgan fingerprint density at radius 2 is 2.00 bits per heavy atom. The molecule has 0 amide bonds. The summed E-state index contributed by atoms with van der Waals surface area (Å²) in [5.41, 5.74) is 3.64. The molecule has 2 aliphatic heterocycles. The Balaban J connectivity index is 1.62. The van der Waals surface area contributed by atoms with Gasteiger partial charge in [-0.05, 0) is 43.0 Å². The van der Waals surface area contributed by atoms with Crippen LogP contribution in [0.3, 0.4) is 0 Å². The zero-order valence-corrected chi connectivity index (χ0v) is 13.9. The number of fused-ring (bicyclic) bond motifs is 3. The molecule has 23 heavy (non-hydrogen) atoms. The van der Waals surface area contributed by atoms with Gasteiger partial charge in [-0.15, -0.1) is 0 Å². The number of nitrogens with one attached hydrogen (secondary N) is 1. The molecule has 2 aromatic rings. The largest absolute Gasteiger partial charge is 0.366 e. The summed E-state index contributed by atoms with van der Waals surface area (Å²) in [4.78, 5) is 11.6. The molecule has 1 unspecified atom stereocenters. The van der Waals surface area contributed by atoms with E-state index in [2.05, 4.69) is 44.5 Å². The Bertz CT molecular complexity index is 689. The first-order valence-electron chi connectivity index (χ1n) is 8.39. The van der Waals surface area contributed by atoms with Gasteiger partial charge in [0.25, 0.3) is 0 Å². The van der Waals surface area contributed by atoms with Crippen molar-refractivity contribution in [3.63, 3.8) is 0 Å². The molecule has 1 fully saturated rings. The van der Waals surface area contributed by atoms with Gasteiger partial charge in [-0.25, -0.2) is 9.97 Å². The number of hydrogen-bond donors (Lipinski definition) is 1. The summed E-state index contributed by atoms with van der Waals surface area (Å²) >= 11 is 6.21.